The highest BCUT2D eigenvalue weighted by Gasteiger charge is 2.22. The predicted molar refractivity (Wildman–Crippen MR) is 123 cm³/mol. The van der Waals surface area contributed by atoms with Crippen LogP contribution in [0.5, 0.6) is 0 Å². The normalized spacial score (nSPS) is 10.6. The second kappa shape index (κ2) is 8.79. The van der Waals surface area contributed by atoms with E-state index in [-0.39, 0.29) is 11.0 Å². The van der Waals surface area contributed by atoms with Crippen molar-refractivity contribution in [2.24, 2.45) is 0 Å². The van der Waals surface area contributed by atoms with Crippen molar-refractivity contribution in [3.63, 3.8) is 0 Å². The lowest BCUT2D eigenvalue weighted by Gasteiger charge is -2.20. The van der Waals surface area contributed by atoms with Gasteiger partial charge >= 0.3 is 0 Å². The zero-order valence-corrected chi connectivity index (χ0v) is 17.5. The summed E-state index contributed by atoms with van der Waals surface area (Å²) in [4.78, 5) is 30.5. The van der Waals surface area contributed by atoms with Crippen LogP contribution in [0.15, 0.2) is 90.0 Å². The molecule has 5 nitrogen and oxygen atoms in total. The Bertz CT molecular complexity index is 1260. The molecular weight excluding hydrogens is 386 g/mol. The molecule has 154 valence electrons. The number of aryl methyl sites for hydroxylation is 2. The number of nitrogens with one attached hydrogen (secondary N) is 1. The molecule has 0 aliphatic heterocycles. The van der Waals surface area contributed by atoms with Gasteiger partial charge in [-0.3, -0.25) is 14.6 Å². The maximum absolute atomic E-state index is 13.2. The highest BCUT2D eigenvalue weighted by molar-refractivity contribution is 6.08. The number of hydrogen-bond donors (Lipinski definition) is 1. The first kappa shape index (κ1) is 20.3. The maximum atomic E-state index is 13.2. The first-order valence-corrected chi connectivity index (χ1v) is 10.1. The van der Waals surface area contributed by atoms with Gasteiger partial charge in [0.05, 0.1) is 5.69 Å². The fourth-order valence-electron chi connectivity index (χ4n) is 3.59. The van der Waals surface area contributed by atoms with Crippen molar-refractivity contribution in [3.05, 3.63) is 118 Å². The van der Waals surface area contributed by atoms with Crippen LogP contribution in [0.3, 0.4) is 0 Å². The number of amides is 1. The van der Waals surface area contributed by atoms with Gasteiger partial charge in [-0.2, -0.15) is 0 Å². The SMILES string of the molecule is Cc1ccc(Cn2c(C)cc(=O)c(C(=O)Nc3ccccc3)c2-c2cccnc2)cc1. The lowest BCUT2D eigenvalue weighted by Crippen LogP contribution is -2.27. The molecule has 4 aromatic rings. The third-order valence-electron chi connectivity index (χ3n) is 5.17. The first-order chi connectivity index (χ1) is 15.0. The predicted octanol–water partition coefficient (Wildman–Crippen LogP) is 4.83. The lowest BCUT2D eigenvalue weighted by molar-refractivity contribution is 0.102. The first-order valence-electron chi connectivity index (χ1n) is 10.1. The molecule has 0 bridgehead atoms. The third kappa shape index (κ3) is 4.46. The Morgan fingerprint density at radius 1 is 0.968 bits per heavy atom. The van der Waals surface area contributed by atoms with Gasteiger partial charge in [0.1, 0.15) is 5.56 Å². The van der Waals surface area contributed by atoms with Crippen LogP contribution in [0.25, 0.3) is 11.3 Å². The van der Waals surface area contributed by atoms with E-state index in [1.807, 2.05) is 42.7 Å². The number of nitrogens with zero attached hydrogens (tertiary/aromatic N) is 2. The van der Waals surface area contributed by atoms with Crippen LogP contribution < -0.4 is 10.7 Å². The van der Waals surface area contributed by atoms with E-state index >= 15 is 0 Å². The minimum absolute atomic E-state index is 0.106. The fourth-order valence-corrected chi connectivity index (χ4v) is 3.59. The molecular formula is C26H23N3O2. The van der Waals surface area contributed by atoms with Gasteiger partial charge in [0.15, 0.2) is 5.43 Å². The molecule has 0 aliphatic rings. The van der Waals surface area contributed by atoms with Crippen molar-refractivity contribution in [2.45, 2.75) is 20.4 Å². The summed E-state index contributed by atoms with van der Waals surface area (Å²) in [5, 5.41) is 2.85. The van der Waals surface area contributed by atoms with E-state index < -0.39 is 5.91 Å². The van der Waals surface area contributed by atoms with Crippen LogP contribution in [0.2, 0.25) is 0 Å². The Morgan fingerprint density at radius 3 is 2.39 bits per heavy atom. The quantitative estimate of drug-likeness (QED) is 0.514. The van der Waals surface area contributed by atoms with Crippen molar-refractivity contribution in [1.29, 1.82) is 0 Å². The van der Waals surface area contributed by atoms with E-state index in [4.69, 9.17) is 0 Å². The monoisotopic (exact) mass is 409 g/mol. The largest absolute Gasteiger partial charge is 0.340 e. The van der Waals surface area contributed by atoms with E-state index in [1.165, 1.54) is 11.6 Å². The molecule has 0 saturated carbocycles. The Kier molecular flexibility index (Phi) is 5.76. The molecule has 1 N–H and O–H groups in total. The minimum Gasteiger partial charge on any atom is -0.340 e. The Morgan fingerprint density at radius 2 is 1.71 bits per heavy atom. The van der Waals surface area contributed by atoms with Crippen LogP contribution in [0, 0.1) is 13.8 Å². The average Bonchev–Trinajstić information content (AvgIpc) is 2.78. The number of carbonyl (C=O) groups excluding carboxylic acids is 1. The summed E-state index contributed by atoms with van der Waals surface area (Å²) >= 11 is 0. The van der Waals surface area contributed by atoms with Gasteiger partial charge < -0.3 is 9.88 Å². The van der Waals surface area contributed by atoms with Gasteiger partial charge in [-0.1, -0.05) is 48.0 Å². The highest BCUT2D eigenvalue weighted by Crippen LogP contribution is 2.25. The van der Waals surface area contributed by atoms with Gasteiger partial charge in [-0.05, 0) is 43.7 Å². The molecule has 0 atom stereocenters. The maximum Gasteiger partial charge on any atom is 0.261 e. The number of anilines is 1. The molecule has 2 aromatic heterocycles. The van der Waals surface area contributed by atoms with E-state index in [2.05, 4.69) is 34.6 Å². The van der Waals surface area contributed by atoms with Gasteiger partial charge in [0, 0.05) is 41.9 Å². The van der Waals surface area contributed by atoms with Crippen LogP contribution in [0.4, 0.5) is 5.69 Å². The molecule has 0 radical (unpaired) electrons. The number of para-hydroxylation sites is 1. The van der Waals surface area contributed by atoms with E-state index in [0.29, 0.717) is 23.5 Å². The lowest BCUT2D eigenvalue weighted by atomic mass is 10.0. The van der Waals surface area contributed by atoms with E-state index in [1.54, 1.807) is 30.6 Å². The summed E-state index contributed by atoms with van der Waals surface area (Å²) in [5.41, 5.74) is 4.74. The van der Waals surface area contributed by atoms with E-state index in [0.717, 1.165) is 11.3 Å². The molecule has 31 heavy (non-hydrogen) atoms. The zero-order valence-electron chi connectivity index (χ0n) is 17.5. The highest BCUT2D eigenvalue weighted by atomic mass is 16.2. The molecule has 1 amide bonds. The Hall–Kier alpha value is -3.99. The van der Waals surface area contributed by atoms with Crippen molar-refractivity contribution >= 4 is 11.6 Å². The molecule has 2 heterocycles. The van der Waals surface area contributed by atoms with Crippen molar-refractivity contribution in [3.8, 4) is 11.3 Å². The number of benzene rings is 2. The van der Waals surface area contributed by atoms with Gasteiger partial charge in [-0.25, -0.2) is 0 Å². The smallest absolute Gasteiger partial charge is 0.261 e. The molecule has 0 spiro atoms. The second-order valence-corrected chi connectivity index (χ2v) is 7.51. The fraction of sp³-hybridized carbons (Fsp3) is 0.115. The number of hydrogen-bond acceptors (Lipinski definition) is 3. The molecule has 2 aromatic carbocycles. The molecule has 0 unspecified atom stereocenters. The van der Waals surface area contributed by atoms with Crippen LogP contribution in [0.1, 0.15) is 27.2 Å². The summed E-state index contributed by atoms with van der Waals surface area (Å²) in [6.07, 6.45) is 3.35. The van der Waals surface area contributed by atoms with E-state index in [9.17, 15) is 9.59 Å². The van der Waals surface area contributed by atoms with Gasteiger partial charge in [0.2, 0.25) is 0 Å². The summed E-state index contributed by atoms with van der Waals surface area (Å²) < 4.78 is 2.00. The standard InChI is InChI=1S/C26H23N3O2/c1-18-10-12-20(13-11-18)17-29-19(2)15-23(30)24(25(29)21-7-6-14-27-16-21)26(31)28-22-8-4-3-5-9-22/h3-16H,17H2,1-2H3,(H,28,31). The van der Waals surface area contributed by atoms with Crippen molar-refractivity contribution in [1.82, 2.24) is 9.55 Å². The molecule has 4 rings (SSSR count). The molecule has 0 saturated heterocycles. The van der Waals surface area contributed by atoms with Gasteiger partial charge in [-0.15, -0.1) is 0 Å². The third-order valence-corrected chi connectivity index (χ3v) is 5.17. The summed E-state index contributed by atoms with van der Waals surface area (Å²) in [5.74, 6) is -0.437. The number of rotatable bonds is 5. The number of aromatic nitrogens is 2. The zero-order chi connectivity index (χ0) is 21.8. The molecule has 0 fully saturated rings. The summed E-state index contributed by atoms with van der Waals surface area (Å²) in [6, 6.07) is 22.5. The topological polar surface area (TPSA) is 64.0 Å². The van der Waals surface area contributed by atoms with Crippen LogP contribution >= 0.6 is 0 Å². The summed E-state index contributed by atoms with van der Waals surface area (Å²) in [7, 11) is 0. The second-order valence-electron chi connectivity index (χ2n) is 7.51. The Labute approximate surface area is 181 Å². The minimum atomic E-state index is -0.437. The summed E-state index contributed by atoms with van der Waals surface area (Å²) in [6.45, 7) is 4.46. The van der Waals surface area contributed by atoms with Crippen molar-refractivity contribution < 1.29 is 4.79 Å². The number of pyridine rings is 2. The number of carbonyl (C=O) groups is 1. The van der Waals surface area contributed by atoms with Gasteiger partial charge in [0.25, 0.3) is 5.91 Å². The van der Waals surface area contributed by atoms with Crippen LogP contribution in [-0.4, -0.2) is 15.5 Å². The van der Waals surface area contributed by atoms with Crippen molar-refractivity contribution in [2.75, 3.05) is 5.32 Å². The Balaban J connectivity index is 1.88. The molecule has 5 heteroatoms. The molecule has 0 aliphatic carbocycles. The van der Waals surface area contributed by atoms with Crippen LogP contribution in [-0.2, 0) is 6.54 Å². The average molecular weight is 409 g/mol.